The molecule has 8 nitrogen and oxygen atoms in total. The van der Waals surface area contributed by atoms with Crippen molar-refractivity contribution < 1.29 is 9.53 Å². The summed E-state index contributed by atoms with van der Waals surface area (Å²) in [5.41, 5.74) is 0.952. The monoisotopic (exact) mass is 352 g/mol. The number of likely N-dealkylation sites (N-methyl/N-ethyl adjacent to an activating group) is 1. The zero-order chi connectivity index (χ0) is 18.4. The summed E-state index contributed by atoms with van der Waals surface area (Å²) < 4.78 is 7.40. The van der Waals surface area contributed by atoms with E-state index in [4.69, 9.17) is 4.74 Å². The number of nitrogens with one attached hydrogen (secondary N) is 1. The number of ether oxygens (including phenoxy) is 1. The van der Waals surface area contributed by atoms with Crippen molar-refractivity contribution in [1.29, 1.82) is 0 Å². The van der Waals surface area contributed by atoms with Crippen LogP contribution in [0.4, 0.5) is 0 Å². The molecular formula is C17H32N6O2. The maximum atomic E-state index is 12.2. The van der Waals surface area contributed by atoms with Gasteiger partial charge >= 0.3 is 0 Å². The molecule has 1 saturated heterocycles. The molecule has 0 radical (unpaired) electrons. The van der Waals surface area contributed by atoms with Crippen LogP contribution in [0.5, 0.6) is 0 Å². The number of aromatic nitrogens is 3. The molecule has 2 heterocycles. The first-order valence-corrected chi connectivity index (χ1v) is 9.07. The molecule has 8 heteroatoms. The normalized spacial score (nSPS) is 15.8. The van der Waals surface area contributed by atoms with Crippen LogP contribution in [0.15, 0.2) is 6.20 Å². The maximum absolute atomic E-state index is 12.2. The van der Waals surface area contributed by atoms with Crippen LogP contribution in [0, 0.1) is 0 Å². The van der Waals surface area contributed by atoms with E-state index >= 15 is 0 Å². The predicted octanol–water partition coefficient (Wildman–Crippen LogP) is 0.516. The van der Waals surface area contributed by atoms with E-state index in [2.05, 4.69) is 34.4 Å². The maximum Gasteiger partial charge on any atom is 0.236 e. The Morgan fingerprint density at radius 3 is 2.76 bits per heavy atom. The summed E-state index contributed by atoms with van der Waals surface area (Å²) in [5.74, 6) is 0.131. The number of carbonyl (C=O) groups is 1. The van der Waals surface area contributed by atoms with E-state index in [9.17, 15) is 4.79 Å². The first-order chi connectivity index (χ1) is 11.8. The molecule has 1 fully saturated rings. The number of likely N-dealkylation sites (tertiary alicyclic amines) is 1. The second kappa shape index (κ2) is 9.26. The van der Waals surface area contributed by atoms with Crippen molar-refractivity contribution in [3.05, 3.63) is 11.9 Å². The molecule has 0 aromatic carbocycles. The van der Waals surface area contributed by atoms with E-state index < -0.39 is 0 Å². The average molecular weight is 352 g/mol. The first-order valence-electron chi connectivity index (χ1n) is 9.07. The van der Waals surface area contributed by atoms with Gasteiger partial charge in [-0.3, -0.25) is 9.69 Å². The summed E-state index contributed by atoms with van der Waals surface area (Å²) in [6.07, 6.45) is 2.19. The number of hydrogen-bond acceptors (Lipinski definition) is 6. The lowest BCUT2D eigenvalue weighted by atomic mass is 10.1. The standard InChI is InChI=1S/C17H32N6O2/c1-13(2)18-8-15-9-23(20-19-15)16-10-22(11-16)12-17(24)21(5)6-7-25-14(3)4/h9,13-14,16,18H,6-8,10-12H2,1-5H3. The molecule has 0 spiro atoms. The number of hydrogen-bond donors (Lipinski definition) is 1. The Morgan fingerprint density at radius 1 is 1.40 bits per heavy atom. The third kappa shape index (κ3) is 6.37. The molecule has 1 amide bonds. The summed E-state index contributed by atoms with van der Waals surface area (Å²) in [6, 6.07) is 0.737. The van der Waals surface area contributed by atoms with Gasteiger partial charge in [0, 0.05) is 39.3 Å². The molecule has 1 aliphatic heterocycles. The molecule has 1 aliphatic rings. The first kappa shape index (κ1) is 19.8. The Morgan fingerprint density at radius 2 is 2.12 bits per heavy atom. The topological polar surface area (TPSA) is 75.5 Å². The van der Waals surface area contributed by atoms with Crippen LogP contribution in [0.2, 0.25) is 0 Å². The molecule has 0 saturated carbocycles. The van der Waals surface area contributed by atoms with Crippen LogP contribution in [0.1, 0.15) is 39.4 Å². The van der Waals surface area contributed by atoms with Gasteiger partial charge in [-0.1, -0.05) is 19.1 Å². The highest BCUT2D eigenvalue weighted by molar-refractivity contribution is 5.78. The fraction of sp³-hybridized carbons (Fsp3) is 0.824. The lowest BCUT2D eigenvalue weighted by Gasteiger charge is -2.39. The van der Waals surface area contributed by atoms with Crippen LogP contribution >= 0.6 is 0 Å². The average Bonchev–Trinajstić information content (AvgIpc) is 2.96. The largest absolute Gasteiger partial charge is 0.377 e. The Labute approximate surface area is 150 Å². The molecule has 2 rings (SSSR count). The summed E-state index contributed by atoms with van der Waals surface area (Å²) in [6.45, 7) is 12.3. The van der Waals surface area contributed by atoms with Crippen molar-refractivity contribution in [3.8, 4) is 0 Å². The van der Waals surface area contributed by atoms with Gasteiger partial charge in [-0.15, -0.1) is 5.10 Å². The smallest absolute Gasteiger partial charge is 0.236 e. The lowest BCUT2D eigenvalue weighted by molar-refractivity contribution is -0.133. The van der Waals surface area contributed by atoms with E-state index in [0.29, 0.717) is 31.8 Å². The van der Waals surface area contributed by atoms with Crippen molar-refractivity contribution in [3.63, 3.8) is 0 Å². The van der Waals surface area contributed by atoms with Crippen LogP contribution in [-0.4, -0.2) is 82.7 Å². The van der Waals surface area contributed by atoms with Gasteiger partial charge in [0.05, 0.1) is 37.2 Å². The van der Waals surface area contributed by atoms with E-state index in [1.165, 1.54) is 0 Å². The van der Waals surface area contributed by atoms with E-state index in [-0.39, 0.29) is 12.0 Å². The summed E-state index contributed by atoms with van der Waals surface area (Å²) in [7, 11) is 1.83. The highest BCUT2D eigenvalue weighted by Crippen LogP contribution is 2.20. The summed E-state index contributed by atoms with van der Waals surface area (Å²) >= 11 is 0. The fourth-order valence-electron chi connectivity index (χ4n) is 2.58. The number of amides is 1. The van der Waals surface area contributed by atoms with Gasteiger partial charge in [-0.05, 0) is 13.8 Å². The second-order valence-electron chi connectivity index (χ2n) is 7.31. The highest BCUT2D eigenvalue weighted by atomic mass is 16.5. The number of carbonyl (C=O) groups excluding carboxylic acids is 1. The Bertz CT molecular complexity index is 539. The SMILES string of the molecule is CC(C)NCc1cn(C2CN(CC(=O)N(C)CCOC(C)C)C2)nn1. The van der Waals surface area contributed by atoms with Crippen molar-refractivity contribution in [1.82, 2.24) is 30.1 Å². The lowest BCUT2D eigenvalue weighted by Crippen LogP contribution is -2.52. The Hall–Kier alpha value is -1.51. The second-order valence-corrected chi connectivity index (χ2v) is 7.31. The molecule has 0 bridgehead atoms. The van der Waals surface area contributed by atoms with E-state index in [1.807, 2.05) is 31.8 Å². The fourth-order valence-corrected chi connectivity index (χ4v) is 2.58. The number of nitrogens with zero attached hydrogens (tertiary/aromatic N) is 5. The molecule has 25 heavy (non-hydrogen) atoms. The van der Waals surface area contributed by atoms with Gasteiger partial charge in [0.2, 0.25) is 5.91 Å². The van der Waals surface area contributed by atoms with Crippen LogP contribution in [0.3, 0.4) is 0 Å². The zero-order valence-corrected chi connectivity index (χ0v) is 16.1. The number of rotatable bonds is 10. The molecular weight excluding hydrogens is 320 g/mol. The van der Waals surface area contributed by atoms with Crippen LogP contribution in [-0.2, 0) is 16.1 Å². The third-order valence-electron chi connectivity index (χ3n) is 4.22. The summed E-state index contributed by atoms with van der Waals surface area (Å²) in [4.78, 5) is 16.1. The highest BCUT2D eigenvalue weighted by Gasteiger charge is 2.31. The van der Waals surface area contributed by atoms with E-state index in [1.54, 1.807) is 4.90 Å². The minimum Gasteiger partial charge on any atom is -0.377 e. The van der Waals surface area contributed by atoms with Crippen molar-refractivity contribution >= 4 is 5.91 Å². The predicted molar refractivity (Wildman–Crippen MR) is 96.2 cm³/mol. The molecule has 1 N–H and O–H groups in total. The van der Waals surface area contributed by atoms with E-state index in [0.717, 1.165) is 25.3 Å². The Balaban J connectivity index is 1.67. The van der Waals surface area contributed by atoms with Gasteiger partial charge < -0.3 is 15.0 Å². The van der Waals surface area contributed by atoms with Gasteiger partial charge in [0.25, 0.3) is 0 Å². The molecule has 142 valence electrons. The molecule has 0 atom stereocenters. The zero-order valence-electron chi connectivity index (χ0n) is 16.1. The van der Waals surface area contributed by atoms with Crippen molar-refractivity contribution in [2.24, 2.45) is 0 Å². The summed E-state index contributed by atoms with van der Waals surface area (Å²) in [5, 5.41) is 11.7. The van der Waals surface area contributed by atoms with Gasteiger partial charge in [0.1, 0.15) is 0 Å². The molecule has 1 aromatic heterocycles. The molecule has 0 aliphatic carbocycles. The molecule has 0 unspecified atom stereocenters. The molecule has 1 aromatic rings. The quantitative estimate of drug-likeness (QED) is 0.662. The van der Waals surface area contributed by atoms with Crippen LogP contribution < -0.4 is 5.32 Å². The van der Waals surface area contributed by atoms with Crippen molar-refractivity contribution in [2.75, 3.05) is 39.8 Å². The minimum atomic E-state index is 0.131. The van der Waals surface area contributed by atoms with Crippen LogP contribution in [0.25, 0.3) is 0 Å². The third-order valence-corrected chi connectivity index (χ3v) is 4.22. The Kier molecular flexibility index (Phi) is 7.34. The van der Waals surface area contributed by atoms with Gasteiger partial charge in [-0.2, -0.15) is 0 Å². The minimum absolute atomic E-state index is 0.131. The van der Waals surface area contributed by atoms with Gasteiger partial charge in [0.15, 0.2) is 0 Å². The van der Waals surface area contributed by atoms with Gasteiger partial charge in [-0.25, -0.2) is 4.68 Å². The van der Waals surface area contributed by atoms with Crippen molar-refractivity contribution in [2.45, 2.75) is 52.4 Å².